The van der Waals surface area contributed by atoms with Crippen molar-refractivity contribution in [3.63, 3.8) is 0 Å². The van der Waals surface area contributed by atoms with Gasteiger partial charge >= 0.3 is 0 Å². The second-order valence-corrected chi connectivity index (χ2v) is 5.87. The Hall–Kier alpha value is -1.77. The van der Waals surface area contributed by atoms with Crippen LogP contribution in [0.1, 0.15) is 38.2 Å². The van der Waals surface area contributed by atoms with Crippen LogP contribution in [-0.2, 0) is 4.79 Å². The van der Waals surface area contributed by atoms with E-state index in [0.29, 0.717) is 6.04 Å². The summed E-state index contributed by atoms with van der Waals surface area (Å²) < 4.78 is 0. The molecular weight excluding hydrogens is 248 g/mol. The molecule has 0 saturated heterocycles. The van der Waals surface area contributed by atoms with Crippen LogP contribution in [0.2, 0.25) is 0 Å². The molecule has 2 unspecified atom stereocenters. The van der Waals surface area contributed by atoms with Crippen LogP contribution in [0, 0.1) is 5.92 Å². The average molecular weight is 272 g/mol. The van der Waals surface area contributed by atoms with E-state index in [-0.39, 0.29) is 5.91 Å². The summed E-state index contributed by atoms with van der Waals surface area (Å²) in [6.07, 6.45) is 8.28. The van der Waals surface area contributed by atoms with E-state index in [1.54, 1.807) is 6.08 Å². The average Bonchev–Trinajstić information content (AvgIpc) is 2.45. The fourth-order valence-electron chi connectivity index (χ4n) is 2.83. The summed E-state index contributed by atoms with van der Waals surface area (Å²) in [5.41, 5.74) is 7.38. The van der Waals surface area contributed by atoms with Crippen LogP contribution in [0.3, 0.4) is 0 Å². The van der Waals surface area contributed by atoms with Gasteiger partial charge in [-0.05, 0) is 42.5 Å². The van der Waals surface area contributed by atoms with Crippen molar-refractivity contribution in [1.82, 2.24) is 4.90 Å². The SMILES string of the molecule is CC1CCCC(N(C)C(=O)/C=C/c2ccc(N)cc2)C1. The zero-order chi connectivity index (χ0) is 14.5. The third kappa shape index (κ3) is 3.86. The number of benzene rings is 1. The summed E-state index contributed by atoms with van der Waals surface area (Å²) in [4.78, 5) is 14.1. The van der Waals surface area contributed by atoms with Gasteiger partial charge in [0.2, 0.25) is 5.91 Å². The number of likely N-dealkylation sites (N-methyl/N-ethyl adjacent to an activating group) is 1. The molecule has 0 aliphatic heterocycles. The van der Waals surface area contributed by atoms with Gasteiger partial charge in [0, 0.05) is 24.9 Å². The highest BCUT2D eigenvalue weighted by Crippen LogP contribution is 2.26. The van der Waals surface area contributed by atoms with Crippen LogP contribution in [0.4, 0.5) is 5.69 Å². The third-order valence-corrected chi connectivity index (χ3v) is 4.16. The summed E-state index contributed by atoms with van der Waals surface area (Å²) in [6, 6.07) is 7.92. The first-order valence-corrected chi connectivity index (χ1v) is 7.36. The number of anilines is 1. The molecule has 1 aromatic rings. The summed E-state index contributed by atoms with van der Waals surface area (Å²) in [5.74, 6) is 0.811. The lowest BCUT2D eigenvalue weighted by Gasteiger charge is -2.33. The van der Waals surface area contributed by atoms with Crippen molar-refractivity contribution in [2.45, 2.75) is 38.6 Å². The molecule has 0 spiro atoms. The van der Waals surface area contributed by atoms with E-state index in [4.69, 9.17) is 5.73 Å². The molecule has 1 saturated carbocycles. The second kappa shape index (κ2) is 6.60. The highest BCUT2D eigenvalue weighted by molar-refractivity contribution is 5.91. The summed E-state index contributed by atoms with van der Waals surface area (Å²) in [6.45, 7) is 2.27. The largest absolute Gasteiger partial charge is 0.399 e. The maximum atomic E-state index is 12.2. The Morgan fingerprint density at radius 1 is 1.30 bits per heavy atom. The summed E-state index contributed by atoms with van der Waals surface area (Å²) >= 11 is 0. The van der Waals surface area contributed by atoms with Crippen molar-refractivity contribution in [1.29, 1.82) is 0 Å². The number of rotatable bonds is 3. The van der Waals surface area contributed by atoms with E-state index < -0.39 is 0 Å². The zero-order valence-corrected chi connectivity index (χ0v) is 12.4. The fourth-order valence-corrected chi connectivity index (χ4v) is 2.83. The number of nitrogens with two attached hydrogens (primary N) is 1. The van der Waals surface area contributed by atoms with E-state index in [9.17, 15) is 4.79 Å². The van der Waals surface area contributed by atoms with Crippen molar-refractivity contribution in [2.75, 3.05) is 12.8 Å². The van der Waals surface area contributed by atoms with Crippen LogP contribution in [-0.4, -0.2) is 23.9 Å². The van der Waals surface area contributed by atoms with Crippen LogP contribution >= 0.6 is 0 Å². The van der Waals surface area contributed by atoms with Crippen molar-refractivity contribution >= 4 is 17.7 Å². The van der Waals surface area contributed by atoms with Crippen LogP contribution in [0.25, 0.3) is 6.08 Å². The van der Waals surface area contributed by atoms with Gasteiger partial charge in [0.05, 0.1) is 0 Å². The molecule has 1 aliphatic carbocycles. The highest BCUT2D eigenvalue weighted by Gasteiger charge is 2.24. The van der Waals surface area contributed by atoms with Gasteiger partial charge in [-0.1, -0.05) is 31.9 Å². The Balaban J connectivity index is 1.95. The number of carbonyl (C=O) groups excluding carboxylic acids is 1. The Morgan fingerprint density at radius 3 is 2.65 bits per heavy atom. The van der Waals surface area contributed by atoms with Gasteiger partial charge < -0.3 is 10.6 Å². The zero-order valence-electron chi connectivity index (χ0n) is 12.4. The van der Waals surface area contributed by atoms with Gasteiger partial charge in [0.15, 0.2) is 0 Å². The minimum absolute atomic E-state index is 0.0842. The molecule has 0 aromatic heterocycles. The molecule has 2 atom stereocenters. The number of amides is 1. The van der Waals surface area contributed by atoms with Crippen molar-refractivity contribution in [2.24, 2.45) is 5.92 Å². The van der Waals surface area contributed by atoms with E-state index in [0.717, 1.165) is 30.0 Å². The lowest BCUT2D eigenvalue weighted by atomic mass is 9.86. The summed E-state index contributed by atoms with van der Waals surface area (Å²) in [5, 5.41) is 0. The monoisotopic (exact) mass is 272 g/mol. The van der Waals surface area contributed by atoms with Gasteiger partial charge in [-0.3, -0.25) is 4.79 Å². The minimum Gasteiger partial charge on any atom is -0.399 e. The maximum Gasteiger partial charge on any atom is 0.246 e. The molecule has 3 nitrogen and oxygen atoms in total. The molecule has 0 heterocycles. The first-order chi connectivity index (χ1) is 9.56. The second-order valence-electron chi connectivity index (χ2n) is 5.87. The predicted molar refractivity (Wildman–Crippen MR) is 84.1 cm³/mol. The molecule has 20 heavy (non-hydrogen) atoms. The van der Waals surface area contributed by atoms with Crippen LogP contribution in [0.5, 0.6) is 0 Å². The van der Waals surface area contributed by atoms with Crippen molar-refractivity contribution in [3.8, 4) is 0 Å². The van der Waals surface area contributed by atoms with Crippen molar-refractivity contribution < 1.29 is 4.79 Å². The quantitative estimate of drug-likeness (QED) is 0.677. The first-order valence-electron chi connectivity index (χ1n) is 7.36. The van der Waals surface area contributed by atoms with Crippen LogP contribution < -0.4 is 5.73 Å². The Labute approximate surface area is 121 Å². The standard InChI is InChI=1S/C17H24N2O/c1-13-4-3-5-16(12-13)19(2)17(20)11-8-14-6-9-15(18)10-7-14/h6-11,13,16H,3-5,12,18H2,1-2H3/b11-8+. The van der Waals surface area contributed by atoms with Gasteiger partial charge in [-0.15, -0.1) is 0 Å². The predicted octanol–water partition coefficient (Wildman–Crippen LogP) is 3.32. The van der Waals surface area contributed by atoms with E-state index >= 15 is 0 Å². The van der Waals surface area contributed by atoms with E-state index in [1.165, 1.54) is 12.8 Å². The fraction of sp³-hybridized carbons (Fsp3) is 0.471. The molecule has 1 amide bonds. The molecule has 1 aromatic carbocycles. The molecule has 3 heteroatoms. The number of hydrogen-bond donors (Lipinski definition) is 1. The van der Waals surface area contributed by atoms with Gasteiger partial charge in [-0.25, -0.2) is 0 Å². The Bertz CT molecular complexity index is 478. The highest BCUT2D eigenvalue weighted by atomic mass is 16.2. The number of hydrogen-bond acceptors (Lipinski definition) is 2. The molecule has 2 rings (SSSR count). The number of carbonyl (C=O) groups is 1. The molecule has 1 fully saturated rings. The molecule has 1 aliphatic rings. The van der Waals surface area contributed by atoms with Crippen molar-refractivity contribution in [3.05, 3.63) is 35.9 Å². The van der Waals surface area contributed by atoms with Gasteiger partial charge in [0.1, 0.15) is 0 Å². The third-order valence-electron chi connectivity index (χ3n) is 4.16. The molecule has 0 bridgehead atoms. The minimum atomic E-state index is 0.0842. The van der Waals surface area contributed by atoms with Gasteiger partial charge in [-0.2, -0.15) is 0 Å². The maximum absolute atomic E-state index is 12.2. The molecule has 0 radical (unpaired) electrons. The Morgan fingerprint density at radius 2 is 2.00 bits per heavy atom. The van der Waals surface area contributed by atoms with E-state index in [2.05, 4.69) is 6.92 Å². The van der Waals surface area contributed by atoms with E-state index in [1.807, 2.05) is 42.3 Å². The molecule has 2 N–H and O–H groups in total. The topological polar surface area (TPSA) is 46.3 Å². The van der Waals surface area contributed by atoms with Crippen LogP contribution in [0.15, 0.2) is 30.3 Å². The molecular formula is C17H24N2O. The normalized spacial score (nSPS) is 22.9. The Kier molecular flexibility index (Phi) is 4.83. The first kappa shape index (κ1) is 14.6. The van der Waals surface area contributed by atoms with Gasteiger partial charge in [0.25, 0.3) is 0 Å². The molecule has 108 valence electrons. The smallest absolute Gasteiger partial charge is 0.246 e. The summed E-state index contributed by atoms with van der Waals surface area (Å²) in [7, 11) is 1.92. The number of nitrogen functional groups attached to an aromatic ring is 1. The lowest BCUT2D eigenvalue weighted by Crippen LogP contribution is -2.38. The number of nitrogens with zero attached hydrogens (tertiary/aromatic N) is 1. The lowest BCUT2D eigenvalue weighted by molar-refractivity contribution is -0.127.